The Kier molecular flexibility index (Phi) is 4.76. The molecule has 3 aromatic rings. The van der Waals surface area contributed by atoms with Crippen molar-refractivity contribution in [2.45, 2.75) is 6.10 Å². The monoisotopic (exact) mass is 339 g/mol. The summed E-state index contributed by atoms with van der Waals surface area (Å²) in [5.41, 5.74) is 1.36. The largest absolute Gasteiger partial charge is 0.496 e. The first kappa shape index (κ1) is 16.7. The molecule has 1 aromatic heterocycles. The van der Waals surface area contributed by atoms with Crippen molar-refractivity contribution in [3.8, 4) is 5.75 Å². The predicted molar refractivity (Wildman–Crippen MR) is 94.8 cm³/mol. The van der Waals surface area contributed by atoms with Gasteiger partial charge in [0.15, 0.2) is 0 Å². The van der Waals surface area contributed by atoms with Gasteiger partial charge in [-0.1, -0.05) is 18.2 Å². The summed E-state index contributed by atoms with van der Waals surface area (Å²) < 4.78 is 5.26. The van der Waals surface area contributed by atoms with Gasteiger partial charge in [-0.15, -0.1) is 0 Å². The Morgan fingerprint density at radius 2 is 2.04 bits per heavy atom. The second-order valence-corrected chi connectivity index (χ2v) is 5.45. The highest BCUT2D eigenvalue weighted by molar-refractivity contribution is 5.99. The Labute approximate surface area is 144 Å². The number of anilines is 1. The summed E-state index contributed by atoms with van der Waals surface area (Å²) in [5.74, 6) is 0.606. The maximum absolute atomic E-state index is 11.2. The van der Waals surface area contributed by atoms with Crippen molar-refractivity contribution in [1.29, 1.82) is 0 Å². The lowest BCUT2D eigenvalue weighted by molar-refractivity contribution is -0.383. The van der Waals surface area contributed by atoms with Crippen LogP contribution < -0.4 is 10.1 Å². The average Bonchev–Trinajstić information content (AvgIpc) is 2.65. The van der Waals surface area contributed by atoms with Gasteiger partial charge < -0.3 is 15.2 Å². The van der Waals surface area contributed by atoms with Gasteiger partial charge in [-0.25, -0.2) is 0 Å². The van der Waals surface area contributed by atoms with Crippen LogP contribution >= 0.6 is 0 Å². The molecule has 3 rings (SSSR count). The van der Waals surface area contributed by atoms with Gasteiger partial charge in [0.1, 0.15) is 5.75 Å². The number of nitro benzene ring substituents is 1. The summed E-state index contributed by atoms with van der Waals surface area (Å²) in [7, 11) is 1.55. The number of aromatic nitrogens is 1. The van der Waals surface area contributed by atoms with Crippen molar-refractivity contribution >= 4 is 22.1 Å². The number of benzene rings is 2. The minimum atomic E-state index is -0.789. The van der Waals surface area contributed by atoms with Crippen molar-refractivity contribution in [2.24, 2.45) is 0 Å². The number of methoxy groups -OCH3 is 1. The molecule has 7 nitrogen and oxygen atoms in total. The first-order valence-electron chi connectivity index (χ1n) is 7.67. The highest BCUT2D eigenvalue weighted by atomic mass is 16.6. The molecular formula is C18H17N3O4. The number of nitro groups is 1. The number of non-ortho nitro benzene ring substituents is 1. The second kappa shape index (κ2) is 7.14. The molecule has 0 unspecified atom stereocenters. The van der Waals surface area contributed by atoms with E-state index in [1.54, 1.807) is 37.6 Å². The van der Waals surface area contributed by atoms with E-state index in [0.29, 0.717) is 27.8 Å². The number of aliphatic hydroxyl groups is 1. The van der Waals surface area contributed by atoms with Gasteiger partial charge in [0, 0.05) is 41.6 Å². The summed E-state index contributed by atoms with van der Waals surface area (Å²) in [6, 6.07) is 12.0. The topological polar surface area (TPSA) is 97.5 Å². The van der Waals surface area contributed by atoms with Crippen molar-refractivity contribution in [1.82, 2.24) is 4.98 Å². The van der Waals surface area contributed by atoms with Crippen LogP contribution in [0.3, 0.4) is 0 Å². The molecular weight excluding hydrogens is 322 g/mol. The van der Waals surface area contributed by atoms with E-state index < -0.39 is 11.0 Å². The van der Waals surface area contributed by atoms with E-state index in [9.17, 15) is 15.2 Å². The number of para-hydroxylation sites is 1. The van der Waals surface area contributed by atoms with Crippen LogP contribution in [0.25, 0.3) is 10.8 Å². The zero-order chi connectivity index (χ0) is 17.8. The Morgan fingerprint density at radius 3 is 2.80 bits per heavy atom. The molecule has 7 heteroatoms. The van der Waals surface area contributed by atoms with Crippen LogP contribution in [0.4, 0.5) is 11.4 Å². The summed E-state index contributed by atoms with van der Waals surface area (Å²) in [5, 5.41) is 25.9. The number of ether oxygens (including phenoxy) is 1. The Bertz CT molecular complexity index is 914. The van der Waals surface area contributed by atoms with Crippen LogP contribution in [0.1, 0.15) is 11.7 Å². The molecule has 1 atom stereocenters. The molecule has 0 radical (unpaired) electrons. The van der Waals surface area contributed by atoms with E-state index in [4.69, 9.17) is 4.74 Å². The van der Waals surface area contributed by atoms with Crippen LogP contribution in [0, 0.1) is 10.1 Å². The molecule has 0 aliphatic heterocycles. The van der Waals surface area contributed by atoms with E-state index in [1.807, 2.05) is 12.1 Å². The van der Waals surface area contributed by atoms with Crippen molar-refractivity contribution in [3.05, 3.63) is 70.5 Å². The molecule has 2 aromatic carbocycles. The van der Waals surface area contributed by atoms with Crippen LogP contribution in [-0.4, -0.2) is 28.7 Å². The lowest BCUT2D eigenvalue weighted by atomic mass is 10.1. The van der Waals surface area contributed by atoms with Crippen molar-refractivity contribution in [3.63, 3.8) is 0 Å². The molecule has 0 fully saturated rings. The summed E-state index contributed by atoms with van der Waals surface area (Å²) in [6.45, 7) is 0.232. The first-order valence-corrected chi connectivity index (χ1v) is 7.67. The fraction of sp³-hybridized carbons (Fsp3) is 0.167. The van der Waals surface area contributed by atoms with E-state index in [2.05, 4.69) is 10.3 Å². The van der Waals surface area contributed by atoms with E-state index in [1.165, 1.54) is 12.3 Å². The first-order chi connectivity index (χ1) is 12.1. The molecule has 0 spiro atoms. The highest BCUT2D eigenvalue weighted by Crippen LogP contribution is 2.31. The zero-order valence-electron chi connectivity index (χ0n) is 13.5. The quantitative estimate of drug-likeness (QED) is 0.528. The fourth-order valence-electron chi connectivity index (χ4n) is 2.75. The Morgan fingerprint density at radius 1 is 1.24 bits per heavy atom. The normalized spacial score (nSPS) is 11.9. The SMILES string of the molecule is COc1ccccc1[C@H](O)CNc1ccc([N+](=O)[O-])c2cnccc12. The molecule has 0 saturated carbocycles. The third-order valence-corrected chi connectivity index (χ3v) is 3.98. The standard InChI is InChI=1S/C18H17N3O4/c1-25-18-5-3-2-4-13(18)17(22)11-20-15-6-7-16(21(23)24)14-10-19-9-8-12(14)15/h2-10,17,20,22H,11H2,1H3/t17-/m1/s1. The summed E-state index contributed by atoms with van der Waals surface area (Å²) in [4.78, 5) is 14.7. The smallest absolute Gasteiger partial charge is 0.278 e. The molecule has 2 N–H and O–H groups in total. The fourth-order valence-corrected chi connectivity index (χ4v) is 2.75. The van der Waals surface area contributed by atoms with Gasteiger partial charge in [0.25, 0.3) is 5.69 Å². The van der Waals surface area contributed by atoms with Crippen LogP contribution in [0.15, 0.2) is 54.9 Å². The molecule has 128 valence electrons. The van der Waals surface area contributed by atoms with Crippen molar-refractivity contribution < 1.29 is 14.8 Å². The molecule has 0 amide bonds. The Hall–Kier alpha value is -3.19. The van der Waals surface area contributed by atoms with E-state index in [-0.39, 0.29) is 12.2 Å². The molecule has 0 saturated heterocycles. The highest BCUT2D eigenvalue weighted by Gasteiger charge is 2.16. The number of pyridine rings is 1. The Balaban J connectivity index is 1.87. The third-order valence-electron chi connectivity index (χ3n) is 3.98. The number of nitrogens with zero attached hydrogens (tertiary/aromatic N) is 2. The van der Waals surface area contributed by atoms with Gasteiger partial charge >= 0.3 is 0 Å². The second-order valence-electron chi connectivity index (χ2n) is 5.45. The predicted octanol–water partition coefficient (Wildman–Crippen LogP) is 3.30. The van der Waals surface area contributed by atoms with Gasteiger partial charge in [0.05, 0.1) is 23.5 Å². The lowest BCUT2D eigenvalue weighted by Gasteiger charge is -2.17. The van der Waals surface area contributed by atoms with Crippen LogP contribution in [0.2, 0.25) is 0 Å². The molecule has 1 heterocycles. The lowest BCUT2D eigenvalue weighted by Crippen LogP contribution is -2.13. The van der Waals surface area contributed by atoms with E-state index in [0.717, 1.165) is 0 Å². The molecule has 0 aliphatic carbocycles. The number of rotatable bonds is 6. The number of aliphatic hydroxyl groups excluding tert-OH is 1. The van der Waals surface area contributed by atoms with E-state index >= 15 is 0 Å². The third kappa shape index (κ3) is 3.36. The maximum Gasteiger partial charge on any atom is 0.278 e. The number of hydrogen-bond donors (Lipinski definition) is 2. The zero-order valence-corrected chi connectivity index (χ0v) is 13.5. The van der Waals surface area contributed by atoms with Crippen LogP contribution in [0.5, 0.6) is 5.75 Å². The number of hydrogen-bond acceptors (Lipinski definition) is 6. The van der Waals surface area contributed by atoms with Crippen LogP contribution in [-0.2, 0) is 0 Å². The van der Waals surface area contributed by atoms with Gasteiger partial charge in [-0.05, 0) is 18.2 Å². The molecule has 0 aliphatic rings. The van der Waals surface area contributed by atoms with Gasteiger partial charge in [0.2, 0.25) is 0 Å². The summed E-state index contributed by atoms with van der Waals surface area (Å²) in [6.07, 6.45) is 2.26. The molecule has 25 heavy (non-hydrogen) atoms. The van der Waals surface area contributed by atoms with Gasteiger partial charge in [-0.2, -0.15) is 0 Å². The van der Waals surface area contributed by atoms with Gasteiger partial charge in [-0.3, -0.25) is 15.1 Å². The summed E-state index contributed by atoms with van der Waals surface area (Å²) >= 11 is 0. The minimum Gasteiger partial charge on any atom is -0.496 e. The number of fused-ring (bicyclic) bond motifs is 1. The minimum absolute atomic E-state index is 0.000993. The number of nitrogens with one attached hydrogen (secondary N) is 1. The molecule has 0 bridgehead atoms. The van der Waals surface area contributed by atoms with Crippen molar-refractivity contribution in [2.75, 3.05) is 19.0 Å². The maximum atomic E-state index is 11.2. The average molecular weight is 339 g/mol.